The van der Waals surface area contributed by atoms with Gasteiger partial charge in [0.1, 0.15) is 0 Å². The van der Waals surface area contributed by atoms with Crippen LogP contribution < -0.4 is 5.73 Å². The minimum Gasteiger partial charge on any atom is -0.375 e. The standard InChI is InChI=1S/C12H21N3S/c1-9-4-12(2,3)8-15(6-9)7-10-5-14-11(13)16-10/h5,9H,4,6-8H2,1-3H3,(H2,13,14). The van der Waals surface area contributed by atoms with Crippen LogP contribution in [-0.4, -0.2) is 23.0 Å². The van der Waals surface area contributed by atoms with E-state index >= 15 is 0 Å². The van der Waals surface area contributed by atoms with Crippen LogP contribution in [0.5, 0.6) is 0 Å². The van der Waals surface area contributed by atoms with Crippen molar-refractivity contribution in [1.82, 2.24) is 9.88 Å². The molecule has 0 radical (unpaired) electrons. The Bertz CT molecular complexity index is 359. The van der Waals surface area contributed by atoms with Gasteiger partial charge in [-0.3, -0.25) is 4.90 Å². The fraction of sp³-hybridized carbons (Fsp3) is 0.750. The molecule has 1 aliphatic rings. The summed E-state index contributed by atoms with van der Waals surface area (Å²) in [5, 5.41) is 0.680. The fourth-order valence-corrected chi connectivity index (χ4v) is 3.65. The molecular formula is C12H21N3S. The molecule has 2 rings (SSSR count). The average molecular weight is 239 g/mol. The van der Waals surface area contributed by atoms with Crippen LogP contribution in [0.4, 0.5) is 5.13 Å². The van der Waals surface area contributed by atoms with Crippen LogP contribution in [0.15, 0.2) is 6.20 Å². The molecule has 0 bridgehead atoms. The van der Waals surface area contributed by atoms with Crippen molar-refractivity contribution in [2.75, 3.05) is 18.8 Å². The van der Waals surface area contributed by atoms with E-state index in [1.165, 1.54) is 24.4 Å². The number of nitrogen functional groups attached to an aromatic ring is 1. The highest BCUT2D eigenvalue weighted by atomic mass is 32.1. The second kappa shape index (κ2) is 4.34. The first kappa shape index (κ1) is 11.9. The average Bonchev–Trinajstić information content (AvgIpc) is 2.46. The van der Waals surface area contributed by atoms with Crippen LogP contribution >= 0.6 is 11.3 Å². The molecule has 1 atom stereocenters. The topological polar surface area (TPSA) is 42.2 Å². The molecule has 90 valence electrons. The van der Waals surface area contributed by atoms with E-state index in [1.807, 2.05) is 6.20 Å². The first-order chi connectivity index (χ1) is 7.44. The molecule has 0 aromatic carbocycles. The maximum Gasteiger partial charge on any atom is 0.180 e. The Labute approximate surface area is 102 Å². The number of piperidine rings is 1. The Balaban J connectivity index is 1.99. The maximum absolute atomic E-state index is 5.65. The lowest BCUT2D eigenvalue weighted by Crippen LogP contribution is -2.43. The van der Waals surface area contributed by atoms with Crippen molar-refractivity contribution < 1.29 is 0 Å². The van der Waals surface area contributed by atoms with Crippen LogP contribution in [0.3, 0.4) is 0 Å². The summed E-state index contributed by atoms with van der Waals surface area (Å²) >= 11 is 1.61. The minimum atomic E-state index is 0.438. The molecule has 0 aliphatic carbocycles. The maximum atomic E-state index is 5.65. The second-order valence-electron chi connectivity index (χ2n) is 5.81. The van der Waals surface area contributed by atoms with Crippen molar-refractivity contribution >= 4 is 16.5 Å². The molecule has 0 amide bonds. The highest BCUT2D eigenvalue weighted by molar-refractivity contribution is 7.15. The van der Waals surface area contributed by atoms with E-state index in [4.69, 9.17) is 5.73 Å². The van der Waals surface area contributed by atoms with Gasteiger partial charge in [0.05, 0.1) is 0 Å². The molecular weight excluding hydrogens is 218 g/mol. The Morgan fingerprint density at radius 2 is 2.38 bits per heavy atom. The predicted molar refractivity (Wildman–Crippen MR) is 69.4 cm³/mol. The van der Waals surface area contributed by atoms with Crippen LogP contribution in [0.2, 0.25) is 0 Å². The van der Waals surface area contributed by atoms with Crippen molar-refractivity contribution in [3.05, 3.63) is 11.1 Å². The number of likely N-dealkylation sites (tertiary alicyclic amines) is 1. The predicted octanol–water partition coefficient (Wildman–Crippen LogP) is 2.59. The molecule has 1 saturated heterocycles. The molecule has 2 heterocycles. The zero-order valence-electron chi connectivity index (χ0n) is 10.4. The van der Waals surface area contributed by atoms with Crippen LogP contribution in [0, 0.1) is 11.3 Å². The molecule has 1 unspecified atom stereocenters. The van der Waals surface area contributed by atoms with Crippen LogP contribution in [0.25, 0.3) is 0 Å². The summed E-state index contributed by atoms with van der Waals surface area (Å²) in [6.07, 6.45) is 3.24. The first-order valence-electron chi connectivity index (χ1n) is 5.87. The zero-order valence-corrected chi connectivity index (χ0v) is 11.2. The number of aromatic nitrogens is 1. The smallest absolute Gasteiger partial charge is 0.180 e. The number of hydrogen-bond acceptors (Lipinski definition) is 4. The van der Waals surface area contributed by atoms with E-state index in [9.17, 15) is 0 Å². The van der Waals surface area contributed by atoms with Gasteiger partial charge in [0.25, 0.3) is 0 Å². The Kier molecular flexibility index (Phi) is 3.22. The van der Waals surface area contributed by atoms with Crippen molar-refractivity contribution in [3.8, 4) is 0 Å². The van der Waals surface area contributed by atoms with Gasteiger partial charge in [-0.15, -0.1) is 11.3 Å². The van der Waals surface area contributed by atoms with Gasteiger partial charge in [0, 0.05) is 30.7 Å². The van der Waals surface area contributed by atoms with E-state index in [0.29, 0.717) is 10.5 Å². The highest BCUT2D eigenvalue weighted by Gasteiger charge is 2.30. The van der Waals surface area contributed by atoms with Gasteiger partial charge in [-0.1, -0.05) is 20.8 Å². The molecule has 0 saturated carbocycles. The summed E-state index contributed by atoms with van der Waals surface area (Å²) in [4.78, 5) is 7.92. The Morgan fingerprint density at radius 3 is 2.94 bits per heavy atom. The van der Waals surface area contributed by atoms with Gasteiger partial charge in [-0.05, 0) is 17.8 Å². The molecule has 16 heavy (non-hydrogen) atoms. The second-order valence-corrected chi connectivity index (χ2v) is 6.95. The van der Waals surface area contributed by atoms with E-state index in [1.54, 1.807) is 11.3 Å². The number of nitrogens with two attached hydrogens (primary N) is 1. The molecule has 1 aliphatic heterocycles. The molecule has 4 heteroatoms. The highest BCUT2D eigenvalue weighted by Crippen LogP contribution is 2.33. The zero-order chi connectivity index (χ0) is 11.8. The van der Waals surface area contributed by atoms with Gasteiger partial charge < -0.3 is 5.73 Å². The number of hydrogen-bond donors (Lipinski definition) is 1. The number of anilines is 1. The van der Waals surface area contributed by atoms with Crippen molar-refractivity contribution in [3.63, 3.8) is 0 Å². The normalized spacial score (nSPS) is 25.8. The third-order valence-electron chi connectivity index (χ3n) is 3.07. The van der Waals surface area contributed by atoms with E-state index < -0.39 is 0 Å². The van der Waals surface area contributed by atoms with Gasteiger partial charge in [-0.25, -0.2) is 4.98 Å². The monoisotopic (exact) mass is 239 g/mol. The van der Waals surface area contributed by atoms with Crippen molar-refractivity contribution in [2.45, 2.75) is 33.7 Å². The summed E-state index contributed by atoms with van der Waals surface area (Å²) in [5.74, 6) is 0.786. The summed E-state index contributed by atoms with van der Waals surface area (Å²) in [6.45, 7) is 10.4. The molecule has 3 nitrogen and oxygen atoms in total. The van der Waals surface area contributed by atoms with E-state index in [2.05, 4.69) is 30.7 Å². The lowest BCUT2D eigenvalue weighted by atomic mass is 9.79. The lowest BCUT2D eigenvalue weighted by molar-refractivity contribution is 0.0750. The van der Waals surface area contributed by atoms with Gasteiger partial charge in [-0.2, -0.15) is 0 Å². The van der Waals surface area contributed by atoms with Crippen LogP contribution in [-0.2, 0) is 6.54 Å². The SMILES string of the molecule is CC1CN(Cc2cnc(N)s2)CC(C)(C)C1. The number of thiazole rings is 1. The molecule has 1 fully saturated rings. The van der Waals surface area contributed by atoms with Gasteiger partial charge >= 0.3 is 0 Å². The van der Waals surface area contributed by atoms with E-state index in [0.717, 1.165) is 12.5 Å². The number of rotatable bonds is 2. The minimum absolute atomic E-state index is 0.438. The van der Waals surface area contributed by atoms with E-state index in [-0.39, 0.29) is 0 Å². The molecule has 1 aromatic heterocycles. The molecule has 2 N–H and O–H groups in total. The summed E-state index contributed by atoms with van der Waals surface area (Å²) in [6, 6.07) is 0. The number of nitrogens with zero attached hydrogens (tertiary/aromatic N) is 2. The third kappa shape index (κ3) is 2.95. The third-order valence-corrected chi connectivity index (χ3v) is 3.88. The Morgan fingerprint density at radius 1 is 1.62 bits per heavy atom. The van der Waals surface area contributed by atoms with Gasteiger partial charge in [0.2, 0.25) is 0 Å². The summed E-state index contributed by atoms with van der Waals surface area (Å²) < 4.78 is 0. The fourth-order valence-electron chi connectivity index (χ4n) is 2.92. The van der Waals surface area contributed by atoms with Crippen molar-refractivity contribution in [2.24, 2.45) is 11.3 Å². The Hall–Kier alpha value is -0.610. The quantitative estimate of drug-likeness (QED) is 0.862. The van der Waals surface area contributed by atoms with Crippen molar-refractivity contribution in [1.29, 1.82) is 0 Å². The van der Waals surface area contributed by atoms with Gasteiger partial charge in [0.15, 0.2) is 5.13 Å². The lowest BCUT2D eigenvalue weighted by Gasteiger charge is -2.41. The first-order valence-corrected chi connectivity index (χ1v) is 6.69. The largest absolute Gasteiger partial charge is 0.375 e. The van der Waals surface area contributed by atoms with Crippen LogP contribution in [0.1, 0.15) is 32.1 Å². The molecule has 0 spiro atoms. The summed E-state index contributed by atoms with van der Waals surface area (Å²) in [5.41, 5.74) is 6.09. The summed E-state index contributed by atoms with van der Waals surface area (Å²) in [7, 11) is 0. The molecule has 1 aromatic rings.